The molecule has 5 rings (SSSR count). The normalized spacial score (nSPS) is 20.1. The number of piperidine rings is 1. The number of halogens is 2. The van der Waals surface area contributed by atoms with E-state index >= 15 is 0 Å². The molecule has 9 nitrogen and oxygen atoms in total. The monoisotopic (exact) mass is 541 g/mol. The first kappa shape index (κ1) is 26.9. The largest absolute Gasteiger partial charge is 0.496 e. The number of nitrogens with two attached hydrogens (primary N) is 1. The molecule has 1 amide bonds. The number of benzene rings is 1. The van der Waals surface area contributed by atoms with Crippen molar-refractivity contribution in [3.8, 4) is 5.75 Å². The lowest BCUT2D eigenvalue weighted by Crippen LogP contribution is -2.53. The third kappa shape index (κ3) is 5.03. The van der Waals surface area contributed by atoms with Gasteiger partial charge in [0.15, 0.2) is 5.69 Å². The SMILES string of the molecule is COc1cc(C)c2[nH]ccc2c1CN1CCC2(C[C@H]1c1ccc(C(=O)O)nc1N(C)CC(N)=O)CC(F)(F)C2. The molecule has 208 valence electrons. The second-order valence-electron chi connectivity index (χ2n) is 11.0. The van der Waals surface area contributed by atoms with Crippen LogP contribution in [0.1, 0.15) is 58.9 Å². The van der Waals surface area contributed by atoms with E-state index in [1.54, 1.807) is 20.2 Å². The van der Waals surface area contributed by atoms with Gasteiger partial charge in [-0.1, -0.05) is 6.07 Å². The lowest BCUT2D eigenvalue weighted by Gasteiger charge is -2.55. The molecule has 1 spiro atoms. The van der Waals surface area contributed by atoms with E-state index < -0.39 is 23.2 Å². The molecule has 2 fully saturated rings. The number of hydrogen-bond acceptors (Lipinski definition) is 6. The molecule has 1 aliphatic heterocycles. The standard InChI is InChI=1S/C28H33F2N5O4/c1-16-10-22(39-3)19(17-6-8-32-24(16)17)12-35-9-7-27(14-28(29,30)15-27)11-21(35)18-4-5-20(26(37)38)33-25(18)34(2)13-23(31)36/h4-6,8,10,21,32H,7,9,11-15H2,1-3H3,(H2,31,36)(H,37,38)/t21-/m0/s1. The summed E-state index contributed by atoms with van der Waals surface area (Å²) in [5.41, 5.74) is 8.45. The number of ether oxygens (including phenoxy) is 1. The lowest BCUT2D eigenvalue weighted by molar-refractivity contribution is -0.186. The van der Waals surface area contributed by atoms with E-state index in [-0.39, 0.29) is 31.1 Å². The minimum Gasteiger partial charge on any atom is -0.496 e. The number of nitrogens with one attached hydrogen (secondary N) is 1. The topological polar surface area (TPSA) is 125 Å². The molecule has 1 saturated heterocycles. The molecule has 0 unspecified atom stereocenters. The maximum atomic E-state index is 14.1. The maximum absolute atomic E-state index is 14.1. The van der Waals surface area contributed by atoms with Crippen LogP contribution in [0.5, 0.6) is 5.75 Å². The third-order valence-electron chi connectivity index (χ3n) is 8.19. The highest BCUT2D eigenvalue weighted by atomic mass is 19.3. The van der Waals surface area contributed by atoms with Gasteiger partial charge in [0.05, 0.1) is 13.7 Å². The predicted octanol–water partition coefficient (Wildman–Crippen LogP) is 4.25. The lowest BCUT2D eigenvalue weighted by atomic mass is 9.59. The smallest absolute Gasteiger partial charge is 0.354 e. The van der Waals surface area contributed by atoms with Crippen LogP contribution >= 0.6 is 0 Å². The number of carboxylic acid groups (broad SMARTS) is 1. The van der Waals surface area contributed by atoms with Gasteiger partial charge in [0, 0.05) is 60.7 Å². The number of aromatic carboxylic acids is 1. The molecule has 2 aliphatic rings. The van der Waals surface area contributed by atoms with Gasteiger partial charge in [0.2, 0.25) is 11.8 Å². The Kier molecular flexibility index (Phi) is 6.74. The average Bonchev–Trinajstić information content (AvgIpc) is 3.35. The fourth-order valence-electron chi connectivity index (χ4n) is 6.48. The number of pyridine rings is 1. The van der Waals surface area contributed by atoms with E-state index in [2.05, 4.69) is 14.9 Å². The summed E-state index contributed by atoms with van der Waals surface area (Å²) in [5.74, 6) is -3.44. The fourth-order valence-corrected chi connectivity index (χ4v) is 6.48. The quantitative estimate of drug-likeness (QED) is 0.389. The van der Waals surface area contributed by atoms with Gasteiger partial charge in [-0.05, 0) is 55.5 Å². The number of hydrogen-bond donors (Lipinski definition) is 3. The van der Waals surface area contributed by atoms with Crippen molar-refractivity contribution in [1.82, 2.24) is 14.9 Å². The van der Waals surface area contributed by atoms with Crippen LogP contribution in [-0.2, 0) is 11.3 Å². The van der Waals surface area contributed by atoms with Crippen LogP contribution in [0.4, 0.5) is 14.6 Å². The van der Waals surface area contributed by atoms with E-state index in [0.717, 1.165) is 27.8 Å². The van der Waals surface area contributed by atoms with Crippen LogP contribution < -0.4 is 15.4 Å². The summed E-state index contributed by atoms with van der Waals surface area (Å²) in [6.45, 7) is 2.87. The third-order valence-corrected chi connectivity index (χ3v) is 8.19. The molecule has 11 heteroatoms. The maximum Gasteiger partial charge on any atom is 0.354 e. The van der Waals surface area contributed by atoms with Gasteiger partial charge in [-0.2, -0.15) is 0 Å². The molecular weight excluding hydrogens is 508 g/mol. The number of aryl methyl sites for hydroxylation is 1. The Morgan fingerprint density at radius 3 is 2.69 bits per heavy atom. The molecule has 3 heterocycles. The highest BCUT2D eigenvalue weighted by Gasteiger charge is 2.58. The Balaban J connectivity index is 1.60. The van der Waals surface area contributed by atoms with Gasteiger partial charge in [0.1, 0.15) is 11.6 Å². The number of aromatic nitrogens is 2. The van der Waals surface area contributed by atoms with Crippen molar-refractivity contribution in [2.75, 3.05) is 32.1 Å². The minimum atomic E-state index is -2.68. The van der Waals surface area contributed by atoms with Gasteiger partial charge in [-0.15, -0.1) is 0 Å². The van der Waals surface area contributed by atoms with Crippen LogP contribution in [0.15, 0.2) is 30.5 Å². The Bertz CT molecular complexity index is 1430. The van der Waals surface area contributed by atoms with Crippen molar-refractivity contribution in [2.45, 2.75) is 51.1 Å². The highest BCUT2D eigenvalue weighted by molar-refractivity contribution is 5.88. The van der Waals surface area contributed by atoms with Crippen LogP contribution in [0.25, 0.3) is 10.9 Å². The summed E-state index contributed by atoms with van der Waals surface area (Å²) in [6.07, 6.45) is 2.61. The summed E-state index contributed by atoms with van der Waals surface area (Å²) in [6, 6.07) is 6.74. The summed E-state index contributed by atoms with van der Waals surface area (Å²) in [4.78, 5) is 34.9. The molecule has 1 aromatic carbocycles. The molecule has 39 heavy (non-hydrogen) atoms. The summed E-state index contributed by atoms with van der Waals surface area (Å²) < 4.78 is 34.0. The molecule has 4 N–H and O–H groups in total. The van der Waals surface area contributed by atoms with Crippen LogP contribution in [0.2, 0.25) is 0 Å². The molecule has 0 bridgehead atoms. The minimum absolute atomic E-state index is 0.172. The number of aromatic amines is 1. The summed E-state index contributed by atoms with van der Waals surface area (Å²) >= 11 is 0. The Morgan fingerprint density at radius 2 is 2.05 bits per heavy atom. The van der Waals surface area contributed by atoms with E-state index in [1.165, 1.54) is 11.0 Å². The molecule has 2 aromatic heterocycles. The van der Waals surface area contributed by atoms with Crippen LogP contribution in [0.3, 0.4) is 0 Å². The molecule has 3 aromatic rings. The Labute approximate surface area is 224 Å². The number of rotatable bonds is 8. The number of likely N-dealkylation sites (N-methyl/N-ethyl adjacent to an activating group) is 1. The van der Waals surface area contributed by atoms with Gasteiger partial charge in [-0.3, -0.25) is 9.69 Å². The number of fused-ring (bicyclic) bond motifs is 1. The van der Waals surface area contributed by atoms with Crippen molar-refractivity contribution in [1.29, 1.82) is 0 Å². The zero-order valence-corrected chi connectivity index (χ0v) is 22.3. The Morgan fingerprint density at radius 1 is 1.31 bits per heavy atom. The van der Waals surface area contributed by atoms with Crippen LogP contribution in [0, 0.1) is 12.3 Å². The van der Waals surface area contributed by atoms with Crippen LogP contribution in [-0.4, -0.2) is 65.0 Å². The number of amides is 1. The van der Waals surface area contributed by atoms with Gasteiger partial charge in [-0.25, -0.2) is 18.6 Å². The highest BCUT2D eigenvalue weighted by Crippen LogP contribution is 2.61. The average molecular weight is 542 g/mol. The number of likely N-dealkylation sites (tertiary alicyclic amines) is 1. The number of carboxylic acids is 1. The summed E-state index contributed by atoms with van der Waals surface area (Å²) in [5, 5.41) is 10.6. The van der Waals surface area contributed by atoms with Crippen molar-refractivity contribution in [3.63, 3.8) is 0 Å². The molecule has 1 saturated carbocycles. The van der Waals surface area contributed by atoms with E-state index in [9.17, 15) is 23.5 Å². The number of carbonyl (C=O) groups excluding carboxylic acids is 1. The first-order chi connectivity index (χ1) is 18.4. The van der Waals surface area contributed by atoms with Crippen molar-refractivity contribution >= 4 is 28.6 Å². The zero-order valence-electron chi connectivity index (χ0n) is 22.3. The van der Waals surface area contributed by atoms with E-state index in [0.29, 0.717) is 37.3 Å². The second kappa shape index (κ2) is 9.78. The predicted molar refractivity (Wildman–Crippen MR) is 142 cm³/mol. The van der Waals surface area contributed by atoms with Crippen molar-refractivity contribution in [3.05, 3.63) is 52.8 Å². The summed E-state index contributed by atoms with van der Waals surface area (Å²) in [7, 11) is 3.25. The van der Waals surface area contributed by atoms with Crippen molar-refractivity contribution < 1.29 is 28.2 Å². The molecule has 0 radical (unpaired) electrons. The van der Waals surface area contributed by atoms with Gasteiger partial charge in [0.25, 0.3) is 0 Å². The molecule has 1 atom stereocenters. The van der Waals surface area contributed by atoms with E-state index in [4.69, 9.17) is 10.5 Å². The van der Waals surface area contributed by atoms with E-state index in [1.807, 2.05) is 25.3 Å². The first-order valence-corrected chi connectivity index (χ1v) is 12.9. The van der Waals surface area contributed by atoms with Gasteiger partial charge < -0.3 is 25.5 Å². The number of methoxy groups -OCH3 is 1. The van der Waals surface area contributed by atoms with Crippen molar-refractivity contribution in [2.24, 2.45) is 11.1 Å². The molecular formula is C28H33F2N5O4. The fraction of sp³-hybridized carbons (Fsp3) is 0.464. The number of alkyl halides is 2. The number of nitrogens with zero attached hydrogens (tertiary/aromatic N) is 3. The van der Waals surface area contributed by atoms with Gasteiger partial charge >= 0.3 is 5.97 Å². The zero-order chi connectivity index (χ0) is 28.1. The Hall–Kier alpha value is -3.73. The number of H-pyrrole nitrogens is 1. The number of primary amides is 1. The second-order valence-corrected chi connectivity index (χ2v) is 11.0. The molecule has 1 aliphatic carbocycles. The number of anilines is 1. The first-order valence-electron chi connectivity index (χ1n) is 12.9. The number of carbonyl (C=O) groups is 2.